The van der Waals surface area contributed by atoms with E-state index in [1.807, 2.05) is 36.2 Å². The molecule has 2 amide bonds. The highest BCUT2D eigenvalue weighted by molar-refractivity contribution is 5.98. The van der Waals surface area contributed by atoms with E-state index < -0.39 is 0 Å². The highest BCUT2D eigenvalue weighted by Crippen LogP contribution is 2.29. The lowest BCUT2D eigenvalue weighted by atomic mass is 10.1. The van der Waals surface area contributed by atoms with Crippen LogP contribution in [0.1, 0.15) is 34.8 Å². The average molecular weight is 408 g/mol. The molecule has 2 aliphatic heterocycles. The molecule has 1 aromatic heterocycles. The summed E-state index contributed by atoms with van der Waals surface area (Å²) in [5, 5.41) is 3.01. The smallest absolute Gasteiger partial charge is 0.251 e. The molecule has 158 valence electrons. The minimum atomic E-state index is -0.101. The number of anilines is 2. The van der Waals surface area contributed by atoms with Gasteiger partial charge >= 0.3 is 0 Å². The molecule has 0 bridgehead atoms. The van der Waals surface area contributed by atoms with Crippen LogP contribution in [0.3, 0.4) is 0 Å². The van der Waals surface area contributed by atoms with E-state index in [1.165, 1.54) is 0 Å². The van der Waals surface area contributed by atoms with Gasteiger partial charge in [0, 0.05) is 63.1 Å². The Bertz CT molecular complexity index is 937. The summed E-state index contributed by atoms with van der Waals surface area (Å²) < 4.78 is 0. The number of amides is 2. The topological polar surface area (TPSA) is 68.8 Å². The molecule has 30 heavy (non-hydrogen) atoms. The second kappa shape index (κ2) is 8.83. The van der Waals surface area contributed by atoms with E-state index >= 15 is 0 Å². The molecule has 2 aliphatic rings. The highest BCUT2D eigenvalue weighted by Gasteiger charge is 2.24. The zero-order chi connectivity index (χ0) is 21.1. The summed E-state index contributed by atoms with van der Waals surface area (Å²) in [6.45, 7) is 7.01. The SMILES string of the molecule is CCC(=O)N1CCc2cc(C(=O)NCc3ccnc(N4CCN(C)CC4)c3)ccc21. The third kappa shape index (κ3) is 4.31. The second-order valence-electron chi connectivity index (χ2n) is 7.99. The van der Waals surface area contributed by atoms with Gasteiger partial charge in [0.15, 0.2) is 0 Å². The van der Waals surface area contributed by atoms with Crippen LogP contribution in [-0.2, 0) is 17.8 Å². The van der Waals surface area contributed by atoms with Crippen molar-refractivity contribution < 1.29 is 9.59 Å². The van der Waals surface area contributed by atoms with Crippen LogP contribution >= 0.6 is 0 Å². The van der Waals surface area contributed by atoms with Crippen molar-refractivity contribution >= 4 is 23.3 Å². The number of benzene rings is 1. The summed E-state index contributed by atoms with van der Waals surface area (Å²) in [6.07, 6.45) is 3.09. The predicted octanol–water partition coefficient (Wildman–Crippen LogP) is 2.06. The van der Waals surface area contributed by atoms with Gasteiger partial charge in [-0.25, -0.2) is 4.98 Å². The molecule has 0 spiro atoms. The van der Waals surface area contributed by atoms with Gasteiger partial charge in [0.05, 0.1) is 0 Å². The van der Waals surface area contributed by atoms with Crippen molar-refractivity contribution in [1.82, 2.24) is 15.2 Å². The molecule has 1 aromatic carbocycles. The normalized spacial score (nSPS) is 16.5. The number of likely N-dealkylation sites (N-methyl/N-ethyl adjacent to an activating group) is 1. The number of pyridine rings is 1. The van der Waals surface area contributed by atoms with Crippen molar-refractivity contribution in [2.45, 2.75) is 26.3 Å². The molecule has 0 radical (unpaired) electrons. The van der Waals surface area contributed by atoms with Crippen LogP contribution in [0.25, 0.3) is 0 Å². The summed E-state index contributed by atoms with van der Waals surface area (Å²) in [4.78, 5) is 35.7. The summed E-state index contributed by atoms with van der Waals surface area (Å²) in [7, 11) is 2.13. The average Bonchev–Trinajstić information content (AvgIpc) is 3.21. The lowest BCUT2D eigenvalue weighted by Crippen LogP contribution is -2.44. The molecule has 2 aromatic rings. The Labute approximate surface area is 177 Å². The lowest BCUT2D eigenvalue weighted by molar-refractivity contribution is -0.118. The second-order valence-corrected chi connectivity index (χ2v) is 7.99. The van der Waals surface area contributed by atoms with Crippen molar-refractivity contribution in [3.05, 3.63) is 53.2 Å². The van der Waals surface area contributed by atoms with Gasteiger partial charge in [0.1, 0.15) is 5.82 Å². The molecular formula is C23H29N5O2. The Hall–Kier alpha value is -2.93. The highest BCUT2D eigenvalue weighted by atomic mass is 16.2. The Balaban J connectivity index is 1.38. The summed E-state index contributed by atoms with van der Waals surface area (Å²) >= 11 is 0. The number of nitrogens with one attached hydrogen (secondary N) is 1. The Morgan fingerprint density at radius 3 is 2.63 bits per heavy atom. The zero-order valence-corrected chi connectivity index (χ0v) is 17.7. The minimum absolute atomic E-state index is 0.101. The van der Waals surface area contributed by atoms with Gasteiger partial charge in [-0.05, 0) is 54.9 Å². The Morgan fingerprint density at radius 1 is 1.07 bits per heavy atom. The third-order valence-corrected chi connectivity index (χ3v) is 5.93. The quantitative estimate of drug-likeness (QED) is 0.822. The number of nitrogens with zero attached hydrogens (tertiary/aromatic N) is 4. The molecule has 0 atom stereocenters. The van der Waals surface area contributed by atoms with Crippen LogP contribution in [0.15, 0.2) is 36.5 Å². The van der Waals surface area contributed by atoms with E-state index in [9.17, 15) is 9.59 Å². The van der Waals surface area contributed by atoms with Gasteiger partial charge in [0.2, 0.25) is 5.91 Å². The maximum atomic E-state index is 12.7. The van der Waals surface area contributed by atoms with Crippen molar-refractivity contribution in [2.24, 2.45) is 0 Å². The summed E-state index contributed by atoms with van der Waals surface area (Å²) in [5.41, 5.74) is 3.66. The van der Waals surface area contributed by atoms with Crippen LogP contribution in [0.4, 0.5) is 11.5 Å². The van der Waals surface area contributed by atoms with Crippen LogP contribution in [0, 0.1) is 0 Å². The lowest BCUT2D eigenvalue weighted by Gasteiger charge is -2.33. The van der Waals surface area contributed by atoms with Crippen LogP contribution in [0.2, 0.25) is 0 Å². The first-order chi connectivity index (χ1) is 14.5. The third-order valence-electron chi connectivity index (χ3n) is 5.93. The molecule has 0 aliphatic carbocycles. The maximum absolute atomic E-state index is 12.7. The minimum Gasteiger partial charge on any atom is -0.354 e. The molecule has 1 fully saturated rings. The van der Waals surface area contributed by atoms with E-state index in [2.05, 4.69) is 33.2 Å². The molecule has 7 heteroatoms. The number of carbonyl (C=O) groups is 2. The van der Waals surface area contributed by atoms with Crippen LogP contribution in [0.5, 0.6) is 0 Å². The van der Waals surface area contributed by atoms with Gasteiger partial charge in [-0.2, -0.15) is 0 Å². The maximum Gasteiger partial charge on any atom is 0.251 e. The van der Waals surface area contributed by atoms with E-state index in [0.29, 0.717) is 25.1 Å². The molecule has 1 saturated heterocycles. The summed E-state index contributed by atoms with van der Waals surface area (Å²) in [6, 6.07) is 9.61. The van der Waals surface area contributed by atoms with Crippen LogP contribution < -0.4 is 15.1 Å². The number of rotatable bonds is 5. The first-order valence-electron chi connectivity index (χ1n) is 10.6. The van der Waals surface area contributed by atoms with E-state index in [0.717, 1.165) is 55.2 Å². The molecule has 0 saturated carbocycles. The monoisotopic (exact) mass is 407 g/mol. The van der Waals surface area contributed by atoms with Crippen molar-refractivity contribution in [1.29, 1.82) is 0 Å². The molecular weight excluding hydrogens is 378 g/mol. The fraction of sp³-hybridized carbons (Fsp3) is 0.435. The number of aromatic nitrogens is 1. The largest absolute Gasteiger partial charge is 0.354 e. The standard InChI is InChI=1S/C23H29N5O2/c1-3-22(29)28-9-7-18-15-19(4-5-20(18)28)23(30)25-16-17-6-8-24-21(14-17)27-12-10-26(2)11-13-27/h4-6,8,14-15H,3,7,9-13,16H2,1-2H3,(H,25,30). The molecule has 4 rings (SSSR count). The Morgan fingerprint density at radius 2 is 1.87 bits per heavy atom. The number of piperazine rings is 1. The van der Waals surface area contributed by atoms with Crippen molar-refractivity contribution in [2.75, 3.05) is 49.6 Å². The number of hydrogen-bond acceptors (Lipinski definition) is 5. The van der Waals surface area contributed by atoms with Crippen molar-refractivity contribution in [3.63, 3.8) is 0 Å². The fourth-order valence-electron chi connectivity index (χ4n) is 4.06. The van der Waals surface area contributed by atoms with Crippen molar-refractivity contribution in [3.8, 4) is 0 Å². The predicted molar refractivity (Wildman–Crippen MR) is 118 cm³/mol. The number of hydrogen-bond donors (Lipinski definition) is 1. The van der Waals surface area contributed by atoms with Gasteiger partial charge in [-0.3, -0.25) is 9.59 Å². The van der Waals surface area contributed by atoms with E-state index in [-0.39, 0.29) is 11.8 Å². The first kappa shape index (κ1) is 20.3. The van der Waals surface area contributed by atoms with Gasteiger partial charge in [-0.15, -0.1) is 0 Å². The van der Waals surface area contributed by atoms with E-state index in [4.69, 9.17) is 0 Å². The molecule has 3 heterocycles. The Kier molecular flexibility index (Phi) is 5.99. The molecule has 1 N–H and O–H groups in total. The fourth-order valence-corrected chi connectivity index (χ4v) is 4.06. The number of carbonyl (C=O) groups excluding carboxylic acids is 2. The first-order valence-corrected chi connectivity index (χ1v) is 10.6. The van der Waals surface area contributed by atoms with Gasteiger partial charge in [-0.1, -0.05) is 6.92 Å². The number of fused-ring (bicyclic) bond motifs is 1. The zero-order valence-electron chi connectivity index (χ0n) is 17.7. The summed E-state index contributed by atoms with van der Waals surface area (Å²) in [5.74, 6) is 0.990. The van der Waals surface area contributed by atoms with Gasteiger partial charge in [0.25, 0.3) is 5.91 Å². The van der Waals surface area contributed by atoms with E-state index in [1.54, 1.807) is 6.07 Å². The van der Waals surface area contributed by atoms with Gasteiger partial charge < -0.3 is 20.0 Å². The van der Waals surface area contributed by atoms with Crippen LogP contribution in [-0.4, -0.2) is 61.5 Å². The molecule has 0 unspecified atom stereocenters. The molecule has 7 nitrogen and oxygen atoms in total.